The molecule has 0 fully saturated rings. The fourth-order valence-corrected chi connectivity index (χ4v) is 2.31. The lowest BCUT2D eigenvalue weighted by Gasteiger charge is -2.23. The van der Waals surface area contributed by atoms with E-state index in [1.807, 2.05) is 30.3 Å². The Bertz CT molecular complexity index is 666. The molecular weight excluding hydrogens is 296 g/mol. The van der Waals surface area contributed by atoms with Gasteiger partial charge >= 0.3 is 5.97 Å². The molecule has 0 saturated carbocycles. The molecule has 2 unspecified atom stereocenters. The minimum Gasteiger partial charge on any atom is -0.469 e. The highest BCUT2D eigenvalue weighted by atomic mass is 16.5. The SMILES string of the molecule is COC(=O)C(C)C(NC(=O)c1coc(CN)c1)c1ccccc1. The average molecular weight is 316 g/mol. The maximum absolute atomic E-state index is 12.4. The minimum atomic E-state index is -0.535. The zero-order valence-corrected chi connectivity index (χ0v) is 13.1. The smallest absolute Gasteiger partial charge is 0.310 e. The lowest BCUT2D eigenvalue weighted by molar-refractivity contribution is -0.145. The van der Waals surface area contributed by atoms with E-state index in [-0.39, 0.29) is 12.5 Å². The van der Waals surface area contributed by atoms with Gasteiger partial charge in [-0.05, 0) is 18.6 Å². The van der Waals surface area contributed by atoms with Crippen molar-refractivity contribution >= 4 is 11.9 Å². The molecule has 6 nitrogen and oxygen atoms in total. The number of esters is 1. The van der Waals surface area contributed by atoms with Gasteiger partial charge < -0.3 is 20.2 Å². The Morgan fingerprint density at radius 2 is 2.00 bits per heavy atom. The topological polar surface area (TPSA) is 94.6 Å². The molecule has 0 aliphatic carbocycles. The number of amides is 1. The van der Waals surface area contributed by atoms with E-state index in [4.69, 9.17) is 14.9 Å². The second-order valence-electron chi connectivity index (χ2n) is 5.18. The van der Waals surface area contributed by atoms with Crippen LogP contribution < -0.4 is 11.1 Å². The van der Waals surface area contributed by atoms with E-state index in [0.717, 1.165) is 5.56 Å². The molecule has 2 rings (SSSR count). The molecule has 1 heterocycles. The van der Waals surface area contributed by atoms with E-state index in [9.17, 15) is 9.59 Å². The van der Waals surface area contributed by atoms with Crippen LogP contribution in [-0.2, 0) is 16.1 Å². The summed E-state index contributed by atoms with van der Waals surface area (Å²) in [5.74, 6) is -0.744. The standard InChI is InChI=1S/C17H20N2O4/c1-11(17(21)22-2)15(12-6-4-3-5-7-12)19-16(20)13-8-14(9-18)23-10-13/h3-8,10-11,15H,9,18H2,1-2H3,(H,19,20). The molecule has 0 aliphatic heterocycles. The monoisotopic (exact) mass is 316 g/mol. The van der Waals surface area contributed by atoms with Crippen LogP contribution in [0.4, 0.5) is 0 Å². The quantitative estimate of drug-likeness (QED) is 0.795. The highest BCUT2D eigenvalue weighted by Gasteiger charge is 2.28. The number of carbonyl (C=O) groups excluding carboxylic acids is 2. The number of benzene rings is 1. The third-order valence-electron chi connectivity index (χ3n) is 3.64. The average Bonchev–Trinajstić information content (AvgIpc) is 3.08. The highest BCUT2D eigenvalue weighted by molar-refractivity contribution is 5.94. The Balaban J connectivity index is 2.23. The molecule has 2 aromatic rings. The lowest BCUT2D eigenvalue weighted by atomic mass is 9.94. The van der Waals surface area contributed by atoms with Gasteiger partial charge in [0.25, 0.3) is 5.91 Å². The normalized spacial score (nSPS) is 13.2. The van der Waals surface area contributed by atoms with Crippen molar-refractivity contribution in [3.8, 4) is 0 Å². The predicted molar refractivity (Wildman–Crippen MR) is 84.4 cm³/mol. The number of nitrogens with one attached hydrogen (secondary N) is 1. The van der Waals surface area contributed by atoms with Gasteiger partial charge in [-0.2, -0.15) is 0 Å². The van der Waals surface area contributed by atoms with Crippen molar-refractivity contribution in [3.05, 3.63) is 59.5 Å². The zero-order valence-electron chi connectivity index (χ0n) is 13.1. The molecule has 3 N–H and O–H groups in total. The van der Waals surface area contributed by atoms with E-state index in [0.29, 0.717) is 11.3 Å². The summed E-state index contributed by atoms with van der Waals surface area (Å²) in [6, 6.07) is 10.4. The molecule has 1 amide bonds. The minimum absolute atomic E-state index is 0.216. The Kier molecular flexibility index (Phi) is 5.54. The molecule has 2 atom stereocenters. The summed E-state index contributed by atoms with van der Waals surface area (Å²) in [4.78, 5) is 24.3. The zero-order chi connectivity index (χ0) is 16.8. The summed E-state index contributed by atoms with van der Waals surface area (Å²) in [6.45, 7) is 1.93. The number of hydrogen-bond donors (Lipinski definition) is 2. The van der Waals surface area contributed by atoms with Crippen LogP contribution in [0.3, 0.4) is 0 Å². The largest absolute Gasteiger partial charge is 0.469 e. The van der Waals surface area contributed by atoms with Gasteiger partial charge in [-0.3, -0.25) is 9.59 Å². The maximum atomic E-state index is 12.4. The molecule has 6 heteroatoms. The molecule has 23 heavy (non-hydrogen) atoms. The van der Waals surface area contributed by atoms with E-state index in [1.165, 1.54) is 13.4 Å². The van der Waals surface area contributed by atoms with Crippen molar-refractivity contribution in [2.45, 2.75) is 19.5 Å². The number of methoxy groups -OCH3 is 1. The van der Waals surface area contributed by atoms with Gasteiger partial charge in [0.2, 0.25) is 0 Å². The van der Waals surface area contributed by atoms with Gasteiger partial charge in [0.05, 0.1) is 31.2 Å². The Morgan fingerprint density at radius 3 is 2.57 bits per heavy atom. The van der Waals surface area contributed by atoms with Gasteiger partial charge in [0.1, 0.15) is 12.0 Å². The summed E-state index contributed by atoms with van der Waals surface area (Å²) in [6.07, 6.45) is 1.35. The van der Waals surface area contributed by atoms with Crippen LogP contribution in [0.25, 0.3) is 0 Å². The molecular formula is C17H20N2O4. The second kappa shape index (κ2) is 7.60. The number of rotatable bonds is 6. The molecule has 0 radical (unpaired) electrons. The Labute approximate surface area is 134 Å². The number of ether oxygens (including phenoxy) is 1. The van der Waals surface area contributed by atoms with Crippen LogP contribution in [-0.4, -0.2) is 19.0 Å². The van der Waals surface area contributed by atoms with Crippen LogP contribution in [0, 0.1) is 5.92 Å². The molecule has 1 aromatic heterocycles. The van der Waals surface area contributed by atoms with Crippen LogP contribution in [0.1, 0.15) is 34.6 Å². The van der Waals surface area contributed by atoms with Crippen molar-refractivity contribution < 1.29 is 18.7 Å². The highest BCUT2D eigenvalue weighted by Crippen LogP contribution is 2.23. The van der Waals surface area contributed by atoms with E-state index in [2.05, 4.69) is 5.32 Å². The van der Waals surface area contributed by atoms with Gasteiger partial charge in [-0.25, -0.2) is 0 Å². The summed E-state index contributed by atoms with van der Waals surface area (Å²) >= 11 is 0. The van der Waals surface area contributed by atoms with E-state index in [1.54, 1.807) is 13.0 Å². The summed E-state index contributed by atoms with van der Waals surface area (Å²) < 4.78 is 9.97. The van der Waals surface area contributed by atoms with Crippen molar-refractivity contribution in [3.63, 3.8) is 0 Å². The summed E-state index contributed by atoms with van der Waals surface area (Å²) in [5, 5.41) is 2.86. The van der Waals surface area contributed by atoms with Crippen molar-refractivity contribution in [2.75, 3.05) is 7.11 Å². The number of furan rings is 1. The van der Waals surface area contributed by atoms with Gasteiger partial charge in [0, 0.05) is 0 Å². The fourth-order valence-electron chi connectivity index (χ4n) is 2.31. The van der Waals surface area contributed by atoms with Gasteiger partial charge in [-0.1, -0.05) is 30.3 Å². The van der Waals surface area contributed by atoms with E-state index < -0.39 is 17.9 Å². The molecule has 1 aromatic carbocycles. The Morgan fingerprint density at radius 1 is 1.30 bits per heavy atom. The van der Waals surface area contributed by atoms with Crippen LogP contribution in [0.15, 0.2) is 47.1 Å². The third kappa shape index (κ3) is 3.98. The van der Waals surface area contributed by atoms with Crippen LogP contribution in [0.2, 0.25) is 0 Å². The van der Waals surface area contributed by atoms with Gasteiger partial charge in [0.15, 0.2) is 0 Å². The lowest BCUT2D eigenvalue weighted by Crippen LogP contribution is -2.36. The number of hydrogen-bond acceptors (Lipinski definition) is 5. The van der Waals surface area contributed by atoms with Crippen molar-refractivity contribution in [1.29, 1.82) is 0 Å². The fraction of sp³-hybridized carbons (Fsp3) is 0.294. The van der Waals surface area contributed by atoms with Gasteiger partial charge in [-0.15, -0.1) is 0 Å². The van der Waals surface area contributed by atoms with Crippen LogP contribution in [0.5, 0.6) is 0 Å². The molecule has 0 bridgehead atoms. The first-order valence-electron chi connectivity index (χ1n) is 7.28. The third-order valence-corrected chi connectivity index (χ3v) is 3.64. The first kappa shape index (κ1) is 16.8. The van der Waals surface area contributed by atoms with Crippen molar-refractivity contribution in [1.82, 2.24) is 5.32 Å². The van der Waals surface area contributed by atoms with Crippen LogP contribution >= 0.6 is 0 Å². The molecule has 0 spiro atoms. The first-order chi connectivity index (χ1) is 11.1. The first-order valence-corrected chi connectivity index (χ1v) is 7.28. The van der Waals surface area contributed by atoms with E-state index >= 15 is 0 Å². The summed E-state index contributed by atoms with van der Waals surface area (Å²) in [7, 11) is 1.33. The Hall–Kier alpha value is -2.60. The second-order valence-corrected chi connectivity index (χ2v) is 5.18. The number of carbonyl (C=O) groups is 2. The predicted octanol–water partition coefficient (Wildman–Crippen LogP) is 2.02. The molecule has 0 saturated heterocycles. The maximum Gasteiger partial charge on any atom is 0.310 e. The summed E-state index contributed by atoms with van der Waals surface area (Å²) in [5.41, 5.74) is 6.66. The molecule has 122 valence electrons. The molecule has 0 aliphatic rings. The number of nitrogens with two attached hydrogens (primary N) is 1. The van der Waals surface area contributed by atoms with Crippen molar-refractivity contribution in [2.24, 2.45) is 11.7 Å².